The zero-order chi connectivity index (χ0) is 17.6. The maximum atomic E-state index is 12.8. The minimum atomic E-state index is -0.571. The number of hydrogen-bond donors (Lipinski definition) is 0. The van der Waals surface area contributed by atoms with Crippen molar-refractivity contribution in [2.24, 2.45) is 5.92 Å². The van der Waals surface area contributed by atoms with Crippen LogP contribution in [0.5, 0.6) is 0 Å². The molecule has 3 aliphatic rings. The molecule has 3 aliphatic heterocycles. The third-order valence-electron chi connectivity index (χ3n) is 5.95. The van der Waals surface area contributed by atoms with Gasteiger partial charge in [-0.2, -0.15) is 0 Å². The minimum absolute atomic E-state index is 0.116. The molecule has 4 heterocycles. The summed E-state index contributed by atoms with van der Waals surface area (Å²) in [6.45, 7) is 5.51. The van der Waals surface area contributed by atoms with E-state index in [9.17, 15) is 9.59 Å². The number of ether oxygens (including phenoxy) is 1. The average molecular weight is 343 g/mol. The van der Waals surface area contributed by atoms with Crippen molar-refractivity contribution in [2.75, 3.05) is 13.2 Å². The van der Waals surface area contributed by atoms with E-state index in [1.807, 2.05) is 21.9 Å². The molecule has 4 rings (SSSR count). The van der Waals surface area contributed by atoms with Crippen LogP contribution in [0.1, 0.15) is 38.7 Å². The predicted molar refractivity (Wildman–Crippen MR) is 91.4 cm³/mol. The number of likely N-dealkylation sites (tertiary alicyclic amines) is 1. The number of pyridine rings is 1. The highest BCUT2D eigenvalue weighted by Gasteiger charge is 2.65. The van der Waals surface area contributed by atoms with Gasteiger partial charge in [-0.3, -0.25) is 14.6 Å². The molecule has 6 heteroatoms. The van der Waals surface area contributed by atoms with Gasteiger partial charge < -0.3 is 14.5 Å². The number of aryl methyl sites for hydroxylation is 1. The van der Waals surface area contributed by atoms with E-state index in [0.29, 0.717) is 38.3 Å². The number of nitrogens with zero attached hydrogens (tertiary/aromatic N) is 3. The molecule has 0 aromatic carbocycles. The Morgan fingerprint density at radius 1 is 1.40 bits per heavy atom. The highest BCUT2D eigenvalue weighted by atomic mass is 16.5. The van der Waals surface area contributed by atoms with Gasteiger partial charge in [-0.25, -0.2) is 0 Å². The number of carbonyl (C=O) groups is 2. The van der Waals surface area contributed by atoms with Crippen LogP contribution in [-0.2, 0) is 20.7 Å². The van der Waals surface area contributed by atoms with Gasteiger partial charge in [0.05, 0.1) is 25.1 Å². The monoisotopic (exact) mass is 343 g/mol. The zero-order valence-corrected chi connectivity index (χ0v) is 14.9. The van der Waals surface area contributed by atoms with Gasteiger partial charge in [0.15, 0.2) is 5.72 Å². The first-order valence-corrected chi connectivity index (χ1v) is 9.17. The first kappa shape index (κ1) is 16.5. The molecule has 2 amide bonds. The van der Waals surface area contributed by atoms with Gasteiger partial charge in [-0.05, 0) is 30.0 Å². The molecule has 0 bridgehead atoms. The normalized spacial score (nSPS) is 30.9. The fraction of sp³-hybridized carbons (Fsp3) is 0.632. The van der Waals surface area contributed by atoms with Crippen LogP contribution >= 0.6 is 0 Å². The molecule has 3 fully saturated rings. The third kappa shape index (κ3) is 2.54. The average Bonchev–Trinajstić information content (AvgIpc) is 3.23. The highest BCUT2D eigenvalue weighted by Crippen LogP contribution is 2.48. The summed E-state index contributed by atoms with van der Waals surface area (Å²) in [6.07, 6.45) is 5.77. The molecule has 1 aromatic rings. The van der Waals surface area contributed by atoms with Crippen molar-refractivity contribution >= 4 is 11.8 Å². The molecular formula is C19H25N3O3. The lowest BCUT2D eigenvalue weighted by Gasteiger charge is -2.34. The van der Waals surface area contributed by atoms with Crippen molar-refractivity contribution in [3.05, 3.63) is 30.1 Å². The van der Waals surface area contributed by atoms with E-state index in [1.165, 1.54) is 0 Å². The summed E-state index contributed by atoms with van der Waals surface area (Å²) < 4.78 is 6.18. The Balaban J connectivity index is 1.47. The fourth-order valence-electron chi connectivity index (χ4n) is 4.61. The predicted octanol–water partition coefficient (Wildman–Crippen LogP) is 1.60. The molecule has 134 valence electrons. The molecule has 0 N–H and O–H groups in total. The lowest BCUT2D eigenvalue weighted by molar-refractivity contribution is -0.141. The van der Waals surface area contributed by atoms with E-state index in [4.69, 9.17) is 4.74 Å². The molecule has 0 radical (unpaired) electrons. The summed E-state index contributed by atoms with van der Waals surface area (Å²) in [5, 5.41) is 0. The largest absolute Gasteiger partial charge is 0.351 e. The van der Waals surface area contributed by atoms with E-state index in [0.717, 1.165) is 12.0 Å². The van der Waals surface area contributed by atoms with Gasteiger partial charge in [0, 0.05) is 31.8 Å². The summed E-state index contributed by atoms with van der Waals surface area (Å²) >= 11 is 0. The quantitative estimate of drug-likeness (QED) is 0.833. The van der Waals surface area contributed by atoms with Crippen LogP contribution in [0.15, 0.2) is 24.5 Å². The summed E-state index contributed by atoms with van der Waals surface area (Å²) in [6, 6.07) is 3.87. The molecule has 25 heavy (non-hydrogen) atoms. The number of carbonyl (C=O) groups excluding carboxylic acids is 2. The van der Waals surface area contributed by atoms with Crippen LogP contribution in [0.25, 0.3) is 0 Å². The van der Waals surface area contributed by atoms with E-state index < -0.39 is 5.72 Å². The van der Waals surface area contributed by atoms with Crippen molar-refractivity contribution in [1.82, 2.24) is 14.8 Å². The number of aromatic nitrogens is 1. The zero-order valence-electron chi connectivity index (χ0n) is 14.9. The second-order valence-corrected chi connectivity index (χ2v) is 7.64. The van der Waals surface area contributed by atoms with E-state index in [2.05, 4.69) is 18.8 Å². The molecule has 3 atom stereocenters. The third-order valence-corrected chi connectivity index (χ3v) is 5.95. The van der Waals surface area contributed by atoms with Crippen LogP contribution in [0, 0.1) is 5.92 Å². The van der Waals surface area contributed by atoms with Crippen LogP contribution < -0.4 is 0 Å². The highest BCUT2D eigenvalue weighted by molar-refractivity contribution is 5.85. The number of amides is 2. The van der Waals surface area contributed by atoms with Crippen molar-refractivity contribution in [3.8, 4) is 0 Å². The first-order chi connectivity index (χ1) is 12.0. The molecule has 1 spiro atoms. The molecule has 0 aliphatic carbocycles. The van der Waals surface area contributed by atoms with Gasteiger partial charge in [0.25, 0.3) is 0 Å². The van der Waals surface area contributed by atoms with Crippen molar-refractivity contribution < 1.29 is 14.3 Å². The van der Waals surface area contributed by atoms with Gasteiger partial charge in [-0.15, -0.1) is 0 Å². The van der Waals surface area contributed by atoms with E-state index in [1.54, 1.807) is 12.4 Å². The Morgan fingerprint density at radius 2 is 2.16 bits per heavy atom. The van der Waals surface area contributed by atoms with Gasteiger partial charge in [-0.1, -0.05) is 13.8 Å². The lowest BCUT2D eigenvalue weighted by Crippen LogP contribution is -2.51. The maximum absolute atomic E-state index is 12.8. The summed E-state index contributed by atoms with van der Waals surface area (Å²) in [5.41, 5.74) is 0.539. The smallest absolute Gasteiger partial charge is 0.227 e. The van der Waals surface area contributed by atoms with Gasteiger partial charge in [0.1, 0.15) is 0 Å². The van der Waals surface area contributed by atoms with Gasteiger partial charge >= 0.3 is 0 Å². The molecular weight excluding hydrogens is 318 g/mol. The van der Waals surface area contributed by atoms with Crippen molar-refractivity contribution in [1.29, 1.82) is 0 Å². The van der Waals surface area contributed by atoms with E-state index >= 15 is 0 Å². The molecule has 0 saturated carbocycles. The minimum Gasteiger partial charge on any atom is -0.351 e. The van der Waals surface area contributed by atoms with Crippen LogP contribution in [0.3, 0.4) is 0 Å². The molecule has 3 saturated heterocycles. The van der Waals surface area contributed by atoms with Crippen molar-refractivity contribution in [3.63, 3.8) is 0 Å². The Bertz CT molecular complexity index is 678. The standard InChI is InChI=1S/C19H25N3O3/c1-13(2)15-12-25-19-7-10-21(16(19)11-18(24)22(15)19)17(23)4-3-14-5-8-20-9-6-14/h5-6,8-9,13,15-16H,3-4,7,10-12H2,1-2H3/t15-,16+,19-/m0/s1. The first-order valence-electron chi connectivity index (χ1n) is 9.17. The Morgan fingerprint density at radius 3 is 2.88 bits per heavy atom. The molecule has 6 nitrogen and oxygen atoms in total. The topological polar surface area (TPSA) is 62.7 Å². The fourth-order valence-corrected chi connectivity index (χ4v) is 4.61. The number of hydrogen-bond acceptors (Lipinski definition) is 4. The second kappa shape index (κ2) is 6.09. The Kier molecular flexibility index (Phi) is 4.02. The maximum Gasteiger partial charge on any atom is 0.227 e. The second-order valence-electron chi connectivity index (χ2n) is 7.64. The SMILES string of the molecule is CC(C)[C@@H]1CO[C@@]23CCN(C(=O)CCc4ccncc4)[C@@H]2CC(=O)N13. The molecule has 0 unspecified atom stereocenters. The summed E-state index contributed by atoms with van der Waals surface area (Å²) in [5.74, 6) is 0.608. The molecule has 1 aromatic heterocycles. The summed E-state index contributed by atoms with van der Waals surface area (Å²) in [4.78, 5) is 33.3. The lowest BCUT2D eigenvalue weighted by atomic mass is 10.0. The Hall–Kier alpha value is -1.95. The number of rotatable bonds is 4. The van der Waals surface area contributed by atoms with Crippen LogP contribution in [-0.4, -0.2) is 57.6 Å². The van der Waals surface area contributed by atoms with Gasteiger partial charge in [0.2, 0.25) is 11.8 Å². The van der Waals surface area contributed by atoms with Crippen molar-refractivity contribution in [2.45, 2.75) is 57.3 Å². The van der Waals surface area contributed by atoms with Crippen LogP contribution in [0.2, 0.25) is 0 Å². The summed E-state index contributed by atoms with van der Waals surface area (Å²) in [7, 11) is 0. The Labute approximate surface area is 148 Å². The van der Waals surface area contributed by atoms with E-state index in [-0.39, 0.29) is 23.9 Å². The van der Waals surface area contributed by atoms with Crippen LogP contribution in [0.4, 0.5) is 0 Å².